The van der Waals surface area contributed by atoms with Crippen LogP contribution in [0.15, 0.2) is 77.0 Å². The lowest BCUT2D eigenvalue weighted by molar-refractivity contribution is -0.118. The van der Waals surface area contributed by atoms with Crippen molar-refractivity contribution in [3.05, 3.63) is 83.4 Å². The van der Waals surface area contributed by atoms with Crippen LogP contribution >= 0.6 is 11.8 Å². The van der Waals surface area contributed by atoms with Gasteiger partial charge in [-0.25, -0.2) is 5.43 Å². The third-order valence-electron chi connectivity index (χ3n) is 6.48. The molecule has 0 aliphatic carbocycles. The predicted molar refractivity (Wildman–Crippen MR) is 165 cm³/mol. The molecule has 0 aliphatic rings. The summed E-state index contributed by atoms with van der Waals surface area (Å²) in [6.45, 7) is 12.3. The van der Waals surface area contributed by atoms with Gasteiger partial charge in [0.25, 0.3) is 5.91 Å². The number of rotatable bonds is 8. The van der Waals surface area contributed by atoms with Crippen molar-refractivity contribution in [3.63, 3.8) is 0 Å². The van der Waals surface area contributed by atoms with Crippen molar-refractivity contribution in [1.82, 2.24) is 20.2 Å². The number of aromatic nitrogens is 3. The summed E-state index contributed by atoms with van der Waals surface area (Å²) in [6, 6.07) is 21.2. The molecule has 2 N–H and O–H groups in total. The maximum atomic E-state index is 12.8. The molecule has 0 radical (unpaired) electrons. The molecule has 0 saturated heterocycles. The fourth-order valence-electron chi connectivity index (χ4n) is 4.32. The number of amides is 1. The number of carbonyl (C=O) groups is 1. The van der Waals surface area contributed by atoms with Crippen molar-refractivity contribution >= 4 is 23.9 Å². The average molecular weight is 572 g/mol. The monoisotopic (exact) mass is 571 g/mol. The Morgan fingerprint density at radius 2 is 1.59 bits per heavy atom. The van der Waals surface area contributed by atoms with Gasteiger partial charge in [0, 0.05) is 22.4 Å². The summed E-state index contributed by atoms with van der Waals surface area (Å²) in [6.07, 6.45) is 1.61. The van der Waals surface area contributed by atoms with Gasteiger partial charge in [0.15, 0.2) is 11.0 Å². The molecule has 4 rings (SSSR count). The number of phenolic OH excluding ortho intramolecular Hbond substituents is 1. The molecule has 9 heteroatoms. The normalized spacial score (nSPS) is 12.1. The molecule has 0 atom stereocenters. The van der Waals surface area contributed by atoms with Gasteiger partial charge in [0.1, 0.15) is 11.5 Å². The number of carbonyl (C=O) groups excluding carboxylic acids is 1. The highest BCUT2D eigenvalue weighted by Gasteiger charge is 2.26. The molecule has 0 aliphatic heterocycles. The number of nitrogens with one attached hydrogen (secondary N) is 1. The number of hydrazone groups is 1. The maximum absolute atomic E-state index is 12.8. The Bertz CT molecular complexity index is 1500. The first-order valence-corrected chi connectivity index (χ1v) is 14.3. The van der Waals surface area contributed by atoms with Crippen LogP contribution in [0.3, 0.4) is 0 Å². The standard InChI is InChI=1S/C32H37N5O3S/c1-31(2,3)25-17-21(18-26(28(25)39)32(4,5)6)19-33-34-27(38)20-41-30-36-35-29(22-13-15-24(40-7)16-14-22)37(30)23-11-9-8-10-12-23/h8-19,39H,20H2,1-7H3,(H,34,38)/b33-19-. The highest BCUT2D eigenvalue weighted by Crippen LogP contribution is 2.39. The van der Waals surface area contributed by atoms with Gasteiger partial charge in [-0.3, -0.25) is 9.36 Å². The van der Waals surface area contributed by atoms with Crippen LogP contribution in [0.5, 0.6) is 11.5 Å². The first kappa shape index (κ1) is 29.9. The number of ether oxygens (including phenoxy) is 1. The van der Waals surface area contributed by atoms with E-state index in [1.54, 1.807) is 13.3 Å². The lowest BCUT2D eigenvalue weighted by Gasteiger charge is -2.27. The van der Waals surface area contributed by atoms with E-state index in [1.807, 2.05) is 71.3 Å². The van der Waals surface area contributed by atoms with E-state index in [0.29, 0.717) is 16.7 Å². The number of nitrogens with zero attached hydrogens (tertiary/aromatic N) is 4. The summed E-state index contributed by atoms with van der Waals surface area (Å²) >= 11 is 1.28. The number of hydrogen-bond donors (Lipinski definition) is 2. The van der Waals surface area contributed by atoms with Crippen LogP contribution in [0.2, 0.25) is 0 Å². The Kier molecular flexibility index (Phi) is 8.87. The molecule has 8 nitrogen and oxygen atoms in total. The Hall–Kier alpha value is -4.11. The van der Waals surface area contributed by atoms with Gasteiger partial charge in [-0.05, 0) is 64.9 Å². The van der Waals surface area contributed by atoms with Crippen molar-refractivity contribution in [2.75, 3.05) is 12.9 Å². The van der Waals surface area contributed by atoms with E-state index in [9.17, 15) is 9.90 Å². The summed E-state index contributed by atoms with van der Waals surface area (Å²) in [7, 11) is 1.63. The lowest BCUT2D eigenvalue weighted by atomic mass is 9.78. The number of aromatic hydroxyl groups is 1. The molecule has 0 bridgehead atoms. The second-order valence-electron chi connectivity index (χ2n) is 11.8. The third kappa shape index (κ3) is 7.16. The second-order valence-corrected chi connectivity index (χ2v) is 12.7. The number of benzene rings is 3. The minimum atomic E-state index is -0.272. The fraction of sp³-hybridized carbons (Fsp3) is 0.312. The first-order valence-electron chi connectivity index (χ1n) is 13.4. The fourth-order valence-corrected chi connectivity index (χ4v) is 5.06. The van der Waals surface area contributed by atoms with E-state index in [0.717, 1.165) is 33.7 Å². The molecule has 0 unspecified atom stereocenters. The van der Waals surface area contributed by atoms with Crippen molar-refractivity contribution in [2.45, 2.75) is 57.5 Å². The van der Waals surface area contributed by atoms with E-state index in [2.05, 4.69) is 62.3 Å². The van der Waals surface area contributed by atoms with Crippen molar-refractivity contribution in [1.29, 1.82) is 0 Å². The first-order chi connectivity index (χ1) is 19.4. The van der Waals surface area contributed by atoms with Gasteiger partial charge in [-0.1, -0.05) is 71.5 Å². The van der Waals surface area contributed by atoms with Gasteiger partial charge in [-0.2, -0.15) is 5.10 Å². The second kappa shape index (κ2) is 12.2. The number of thioether (sulfide) groups is 1. The molecule has 0 saturated carbocycles. The highest BCUT2D eigenvalue weighted by atomic mass is 32.2. The molecule has 0 fully saturated rings. The Balaban J connectivity index is 1.51. The Morgan fingerprint density at radius 1 is 0.976 bits per heavy atom. The SMILES string of the molecule is COc1ccc(-c2nnc(SCC(=O)N/N=C\c3cc(C(C)(C)C)c(O)c(C(C)(C)C)c3)n2-c2ccccc2)cc1. The minimum Gasteiger partial charge on any atom is -0.507 e. The van der Waals surface area contributed by atoms with Crippen LogP contribution in [-0.2, 0) is 15.6 Å². The molecule has 0 spiro atoms. The lowest BCUT2D eigenvalue weighted by Crippen LogP contribution is -2.20. The highest BCUT2D eigenvalue weighted by molar-refractivity contribution is 7.99. The minimum absolute atomic E-state index is 0.0982. The van der Waals surface area contributed by atoms with Crippen LogP contribution in [-0.4, -0.2) is 44.9 Å². The Morgan fingerprint density at radius 3 is 2.15 bits per heavy atom. The van der Waals surface area contributed by atoms with E-state index >= 15 is 0 Å². The molecule has 1 amide bonds. The molecular formula is C32H37N5O3S. The van der Waals surface area contributed by atoms with Crippen LogP contribution < -0.4 is 10.2 Å². The smallest absolute Gasteiger partial charge is 0.250 e. The molecule has 3 aromatic carbocycles. The zero-order valence-electron chi connectivity index (χ0n) is 24.6. The topological polar surface area (TPSA) is 102 Å². The van der Waals surface area contributed by atoms with Crippen molar-refractivity contribution in [2.24, 2.45) is 5.10 Å². The van der Waals surface area contributed by atoms with E-state index in [4.69, 9.17) is 4.74 Å². The zero-order valence-corrected chi connectivity index (χ0v) is 25.4. The molecular weight excluding hydrogens is 534 g/mol. The average Bonchev–Trinajstić information content (AvgIpc) is 3.36. The number of para-hydroxylation sites is 1. The van der Waals surface area contributed by atoms with Gasteiger partial charge < -0.3 is 9.84 Å². The van der Waals surface area contributed by atoms with E-state index < -0.39 is 0 Å². The number of methoxy groups -OCH3 is 1. The predicted octanol–water partition coefficient (Wildman–Crippen LogP) is 6.49. The zero-order chi connectivity index (χ0) is 29.8. The van der Waals surface area contributed by atoms with Crippen molar-refractivity contribution in [3.8, 4) is 28.6 Å². The van der Waals surface area contributed by atoms with Gasteiger partial charge in [0.05, 0.1) is 19.1 Å². The van der Waals surface area contributed by atoms with E-state index in [-0.39, 0.29) is 22.5 Å². The molecule has 214 valence electrons. The molecule has 1 heterocycles. The summed E-state index contributed by atoms with van der Waals surface area (Å²) in [4.78, 5) is 12.8. The summed E-state index contributed by atoms with van der Waals surface area (Å²) in [5, 5.41) is 24.6. The molecule has 41 heavy (non-hydrogen) atoms. The molecule has 4 aromatic rings. The van der Waals surface area contributed by atoms with Gasteiger partial charge in [0.2, 0.25) is 0 Å². The Labute approximate surface area is 245 Å². The van der Waals surface area contributed by atoms with Gasteiger partial charge >= 0.3 is 0 Å². The quantitative estimate of drug-likeness (QED) is 0.142. The van der Waals surface area contributed by atoms with Gasteiger partial charge in [-0.15, -0.1) is 10.2 Å². The van der Waals surface area contributed by atoms with Crippen LogP contribution in [0.1, 0.15) is 58.2 Å². The summed E-state index contributed by atoms with van der Waals surface area (Å²) in [5.74, 6) is 1.55. The van der Waals surface area contributed by atoms with Crippen LogP contribution in [0.25, 0.3) is 17.1 Å². The van der Waals surface area contributed by atoms with Crippen LogP contribution in [0.4, 0.5) is 0 Å². The summed E-state index contributed by atoms with van der Waals surface area (Å²) in [5.41, 5.74) is 6.34. The third-order valence-corrected chi connectivity index (χ3v) is 7.41. The van der Waals surface area contributed by atoms with Crippen LogP contribution in [0, 0.1) is 0 Å². The summed E-state index contributed by atoms with van der Waals surface area (Å²) < 4.78 is 7.21. The van der Waals surface area contributed by atoms with E-state index in [1.165, 1.54) is 11.8 Å². The number of hydrogen-bond acceptors (Lipinski definition) is 7. The molecule has 1 aromatic heterocycles. The number of phenols is 1. The largest absolute Gasteiger partial charge is 0.507 e. The maximum Gasteiger partial charge on any atom is 0.250 e. The van der Waals surface area contributed by atoms with Crippen molar-refractivity contribution < 1.29 is 14.6 Å².